The third-order valence-corrected chi connectivity index (χ3v) is 7.68. The summed E-state index contributed by atoms with van der Waals surface area (Å²) in [5, 5.41) is 13.1. The molecule has 0 fully saturated rings. The average Bonchev–Trinajstić information content (AvgIpc) is 3.31. The van der Waals surface area contributed by atoms with Gasteiger partial charge in [0, 0.05) is 22.9 Å². The standard InChI is InChI=1S/C27H25FN4O2S2/c1-3-35-24-11-9-21(14-23(24)31-25(33)12-8-18-5-4-6-20(28)13-18)36(34)32-22-10-7-17(2)26-19(15-29)16-30-27(22)26/h4-7,9-11,13-14,16,30,32H,3,8,12H2,1-2H3,(H,31,33). The van der Waals surface area contributed by atoms with Gasteiger partial charge >= 0.3 is 0 Å². The largest absolute Gasteiger partial charge is 0.358 e. The number of carbonyl (C=O) groups is 1. The maximum absolute atomic E-state index is 13.4. The Balaban J connectivity index is 1.53. The Hall–Kier alpha value is -3.61. The molecule has 6 nitrogen and oxygen atoms in total. The van der Waals surface area contributed by atoms with E-state index in [-0.39, 0.29) is 18.1 Å². The van der Waals surface area contributed by atoms with Crippen molar-refractivity contribution in [2.75, 3.05) is 15.8 Å². The van der Waals surface area contributed by atoms with E-state index in [2.05, 4.69) is 21.1 Å². The van der Waals surface area contributed by atoms with Crippen molar-refractivity contribution in [2.45, 2.75) is 36.5 Å². The van der Waals surface area contributed by atoms with Gasteiger partial charge in [0.2, 0.25) is 5.91 Å². The van der Waals surface area contributed by atoms with Gasteiger partial charge in [0.05, 0.1) is 27.4 Å². The second-order valence-electron chi connectivity index (χ2n) is 8.13. The molecule has 184 valence electrons. The van der Waals surface area contributed by atoms with Crippen LogP contribution in [0.1, 0.15) is 30.0 Å². The monoisotopic (exact) mass is 520 g/mol. The molecule has 9 heteroatoms. The summed E-state index contributed by atoms with van der Waals surface area (Å²) in [5.41, 5.74) is 4.14. The number of aromatic nitrogens is 1. The molecular weight excluding hydrogens is 495 g/mol. The van der Waals surface area contributed by atoms with E-state index in [1.807, 2.05) is 32.0 Å². The molecule has 4 rings (SSSR count). The second kappa shape index (κ2) is 11.4. The molecule has 0 saturated carbocycles. The van der Waals surface area contributed by atoms with E-state index in [0.717, 1.165) is 27.2 Å². The van der Waals surface area contributed by atoms with E-state index in [1.165, 1.54) is 12.1 Å². The molecule has 1 aromatic heterocycles. The number of aromatic amines is 1. The lowest BCUT2D eigenvalue weighted by Crippen LogP contribution is -2.14. The minimum Gasteiger partial charge on any atom is -0.358 e. The number of halogens is 1. The SMILES string of the molecule is CCSc1ccc(S(=O)Nc2ccc(C)c3c(C#N)c[nH]c23)cc1NC(=O)CCc1cccc(F)c1. The number of hydrogen-bond donors (Lipinski definition) is 3. The molecule has 3 N–H and O–H groups in total. The van der Waals surface area contributed by atoms with Crippen molar-refractivity contribution in [2.24, 2.45) is 0 Å². The van der Waals surface area contributed by atoms with Crippen molar-refractivity contribution in [3.63, 3.8) is 0 Å². The molecule has 3 aromatic carbocycles. The van der Waals surface area contributed by atoms with Crippen molar-refractivity contribution in [1.29, 1.82) is 5.26 Å². The number of fused-ring (bicyclic) bond motifs is 1. The van der Waals surface area contributed by atoms with E-state index in [4.69, 9.17) is 0 Å². The molecule has 0 aliphatic rings. The van der Waals surface area contributed by atoms with Gasteiger partial charge in [-0.1, -0.05) is 25.1 Å². The highest BCUT2D eigenvalue weighted by molar-refractivity contribution is 7.99. The van der Waals surface area contributed by atoms with E-state index in [1.54, 1.807) is 42.2 Å². The lowest BCUT2D eigenvalue weighted by atomic mass is 10.1. The molecule has 1 heterocycles. The van der Waals surface area contributed by atoms with Crippen LogP contribution in [-0.4, -0.2) is 20.9 Å². The number of hydrogen-bond acceptors (Lipinski definition) is 4. The Bertz CT molecular complexity index is 1490. The Kier molecular flexibility index (Phi) is 8.08. The average molecular weight is 521 g/mol. The number of carbonyl (C=O) groups excluding carboxylic acids is 1. The Morgan fingerprint density at radius 1 is 1.17 bits per heavy atom. The molecule has 0 aliphatic carbocycles. The van der Waals surface area contributed by atoms with Crippen LogP contribution in [0.3, 0.4) is 0 Å². The number of nitrogens with zero attached hydrogens (tertiary/aromatic N) is 1. The lowest BCUT2D eigenvalue weighted by Gasteiger charge is -2.14. The number of nitriles is 1. The molecule has 1 amide bonds. The summed E-state index contributed by atoms with van der Waals surface area (Å²) in [7, 11) is -1.62. The van der Waals surface area contributed by atoms with Gasteiger partial charge in [-0.25, -0.2) is 8.60 Å². The van der Waals surface area contributed by atoms with Crippen LogP contribution in [0.25, 0.3) is 10.9 Å². The van der Waals surface area contributed by atoms with E-state index < -0.39 is 11.0 Å². The molecule has 36 heavy (non-hydrogen) atoms. The zero-order valence-electron chi connectivity index (χ0n) is 19.9. The van der Waals surface area contributed by atoms with E-state index in [0.29, 0.717) is 33.8 Å². The maximum Gasteiger partial charge on any atom is 0.224 e. The zero-order valence-corrected chi connectivity index (χ0v) is 21.5. The van der Waals surface area contributed by atoms with Crippen LogP contribution in [0.5, 0.6) is 0 Å². The first-order valence-electron chi connectivity index (χ1n) is 11.4. The Morgan fingerprint density at radius 3 is 2.75 bits per heavy atom. The quantitative estimate of drug-likeness (QED) is 0.225. The number of amides is 1. The summed E-state index contributed by atoms with van der Waals surface area (Å²) in [6.45, 7) is 3.94. The molecule has 0 saturated heterocycles. The van der Waals surface area contributed by atoms with Gasteiger partial charge in [0.25, 0.3) is 0 Å². The number of thioether (sulfide) groups is 1. The van der Waals surface area contributed by atoms with Crippen LogP contribution in [0, 0.1) is 24.1 Å². The molecule has 1 atom stereocenters. The number of nitrogens with one attached hydrogen (secondary N) is 3. The van der Waals surface area contributed by atoms with E-state index in [9.17, 15) is 18.7 Å². The predicted molar refractivity (Wildman–Crippen MR) is 144 cm³/mol. The minimum atomic E-state index is -1.62. The van der Waals surface area contributed by atoms with Crippen molar-refractivity contribution in [1.82, 2.24) is 4.98 Å². The van der Waals surface area contributed by atoms with Gasteiger partial charge in [0.1, 0.15) is 22.9 Å². The van der Waals surface area contributed by atoms with Crippen molar-refractivity contribution < 1.29 is 13.4 Å². The van der Waals surface area contributed by atoms with Gasteiger partial charge in [-0.15, -0.1) is 11.8 Å². The van der Waals surface area contributed by atoms with Gasteiger partial charge in [-0.05, 0) is 66.6 Å². The fourth-order valence-electron chi connectivity index (χ4n) is 3.92. The number of benzene rings is 3. The molecule has 0 bridgehead atoms. The summed E-state index contributed by atoms with van der Waals surface area (Å²) in [6.07, 6.45) is 2.25. The van der Waals surface area contributed by atoms with Crippen molar-refractivity contribution in [3.8, 4) is 6.07 Å². The highest BCUT2D eigenvalue weighted by atomic mass is 32.2. The first-order valence-corrected chi connectivity index (χ1v) is 13.5. The highest BCUT2D eigenvalue weighted by Crippen LogP contribution is 2.32. The van der Waals surface area contributed by atoms with Gasteiger partial charge in [0.15, 0.2) is 0 Å². The third-order valence-electron chi connectivity index (χ3n) is 5.64. The zero-order chi connectivity index (χ0) is 25.7. The maximum atomic E-state index is 13.4. The number of aryl methyl sites for hydroxylation is 2. The van der Waals surface area contributed by atoms with E-state index >= 15 is 0 Å². The third kappa shape index (κ3) is 5.78. The fourth-order valence-corrected chi connectivity index (χ4v) is 5.56. The highest BCUT2D eigenvalue weighted by Gasteiger charge is 2.15. The Morgan fingerprint density at radius 2 is 2.00 bits per heavy atom. The smallest absolute Gasteiger partial charge is 0.224 e. The van der Waals surface area contributed by atoms with Crippen molar-refractivity contribution in [3.05, 3.63) is 83.3 Å². The molecule has 0 spiro atoms. The molecule has 4 aromatic rings. The van der Waals surface area contributed by atoms with Gasteiger partial charge in [-0.3, -0.25) is 9.52 Å². The summed E-state index contributed by atoms with van der Waals surface area (Å²) >= 11 is 1.57. The second-order valence-corrected chi connectivity index (χ2v) is 10.7. The Labute approximate surface area is 215 Å². The summed E-state index contributed by atoms with van der Waals surface area (Å²) in [4.78, 5) is 17.1. The van der Waals surface area contributed by atoms with Crippen LogP contribution in [0.4, 0.5) is 15.8 Å². The van der Waals surface area contributed by atoms with Crippen LogP contribution < -0.4 is 10.0 Å². The molecule has 1 unspecified atom stereocenters. The fraction of sp³-hybridized carbons (Fsp3) is 0.185. The number of rotatable bonds is 9. The lowest BCUT2D eigenvalue weighted by molar-refractivity contribution is -0.116. The molecule has 0 radical (unpaired) electrons. The number of anilines is 2. The summed E-state index contributed by atoms with van der Waals surface area (Å²) < 4.78 is 29.7. The topological polar surface area (TPSA) is 97.8 Å². The number of H-pyrrole nitrogens is 1. The first-order chi connectivity index (χ1) is 17.4. The van der Waals surface area contributed by atoms with Crippen LogP contribution in [-0.2, 0) is 22.2 Å². The van der Waals surface area contributed by atoms with Crippen LogP contribution >= 0.6 is 11.8 Å². The summed E-state index contributed by atoms with van der Waals surface area (Å²) in [5.74, 6) is 0.275. The minimum absolute atomic E-state index is 0.195. The first kappa shape index (κ1) is 25.5. The van der Waals surface area contributed by atoms with Crippen molar-refractivity contribution >= 4 is 50.9 Å². The molecular formula is C27H25FN4O2S2. The molecule has 0 aliphatic heterocycles. The van der Waals surface area contributed by atoms with Crippen LogP contribution in [0.2, 0.25) is 0 Å². The normalized spacial score (nSPS) is 11.7. The predicted octanol–water partition coefficient (Wildman–Crippen LogP) is 6.31. The van der Waals surface area contributed by atoms with Gasteiger partial charge in [-0.2, -0.15) is 5.26 Å². The van der Waals surface area contributed by atoms with Crippen LogP contribution in [0.15, 0.2) is 70.6 Å². The summed E-state index contributed by atoms with van der Waals surface area (Å²) in [6, 6.07) is 17.4. The van der Waals surface area contributed by atoms with Gasteiger partial charge < -0.3 is 10.3 Å².